The molecule has 0 saturated carbocycles. The molecule has 0 aliphatic heterocycles. The van der Waals surface area contributed by atoms with E-state index in [1.165, 1.54) is 0 Å². The Balaban J connectivity index is -0.0000000667. The Labute approximate surface area is 105 Å². The van der Waals surface area contributed by atoms with Crippen LogP contribution in [-0.4, -0.2) is 78.4 Å². The third-order valence-corrected chi connectivity index (χ3v) is 0.300. The van der Waals surface area contributed by atoms with Crippen LogP contribution in [0.1, 0.15) is 0 Å². The van der Waals surface area contributed by atoms with Gasteiger partial charge in [0.15, 0.2) is 0 Å². The van der Waals surface area contributed by atoms with Crippen molar-refractivity contribution >= 4 is 8.07 Å². The van der Waals surface area contributed by atoms with Gasteiger partial charge in [-0.1, -0.05) is 26.2 Å². The summed E-state index contributed by atoms with van der Waals surface area (Å²) in [7, 11) is -0.611. The molecule has 0 unspecified atom stereocenters. The summed E-state index contributed by atoms with van der Waals surface area (Å²) in [6.45, 7) is 8.56. The van der Waals surface area contributed by atoms with Crippen molar-refractivity contribution in [3.05, 3.63) is 0 Å². The van der Waals surface area contributed by atoms with Gasteiger partial charge in [-0.05, 0) is 0 Å². The topological polar surface area (TPSA) is 121 Å². The molecule has 0 radical (unpaired) electrons. The molecule has 0 saturated heterocycles. The molecule has 0 aliphatic rings. The first-order chi connectivity index (χ1) is 7.74. The van der Waals surface area contributed by atoms with E-state index in [0.29, 0.717) is 0 Å². The highest BCUT2D eigenvalue weighted by molar-refractivity contribution is 6.74. The molecule has 0 aromatic carbocycles. The van der Waals surface area contributed by atoms with Gasteiger partial charge in [-0.25, -0.2) is 0 Å². The van der Waals surface area contributed by atoms with Crippen molar-refractivity contribution in [2.24, 2.45) is 0 Å². The lowest BCUT2D eigenvalue weighted by atomic mass is 10.8. The average Bonchev–Trinajstić information content (AvgIpc) is 2.27. The van der Waals surface area contributed by atoms with E-state index >= 15 is 0 Å². The van der Waals surface area contributed by atoms with Gasteiger partial charge in [-0.15, -0.1) is 0 Å². The zero-order chi connectivity index (χ0) is 14.7. The first-order valence-electron chi connectivity index (χ1n) is 5.40. The maximum atomic E-state index is 7.62. The third-order valence-electron chi connectivity index (χ3n) is 0.300. The second-order valence-electron chi connectivity index (χ2n) is 4.34. The second-order valence-corrected chi connectivity index (χ2v) is 10.3. The van der Waals surface area contributed by atoms with Gasteiger partial charge in [-0.3, -0.25) is 0 Å². The highest BCUT2D eigenvalue weighted by Gasteiger charge is 1.99. The monoisotopic (exact) mass is 274 g/mol. The molecular weight excluding hydrogens is 244 g/mol. The van der Waals surface area contributed by atoms with Crippen LogP contribution < -0.4 is 0 Å². The molecule has 7 heteroatoms. The third kappa shape index (κ3) is 352. The first kappa shape index (κ1) is 25.7. The van der Waals surface area contributed by atoms with E-state index in [1.807, 2.05) is 0 Å². The number of rotatable bonds is 3. The van der Waals surface area contributed by atoms with Gasteiger partial charge < -0.3 is 30.6 Å². The molecule has 0 heterocycles. The maximum Gasteiger partial charge on any atom is 0.0662 e. The Hall–Kier alpha value is -0.0231. The molecule has 17 heavy (non-hydrogen) atoms. The van der Waals surface area contributed by atoms with E-state index in [-0.39, 0.29) is 39.6 Å². The van der Waals surface area contributed by atoms with Crippen molar-refractivity contribution in [3.63, 3.8) is 0 Å². The molecule has 0 bridgehead atoms. The van der Waals surface area contributed by atoms with Gasteiger partial charge in [-0.2, -0.15) is 0 Å². The number of aliphatic hydroxyl groups is 6. The van der Waals surface area contributed by atoms with E-state index in [2.05, 4.69) is 26.2 Å². The predicted octanol–water partition coefficient (Wildman–Crippen LogP) is -1.13. The molecule has 0 amide bonds. The Morgan fingerprint density at radius 1 is 0.471 bits per heavy atom. The van der Waals surface area contributed by atoms with Gasteiger partial charge in [0.2, 0.25) is 0 Å². The van der Waals surface area contributed by atoms with Gasteiger partial charge >= 0.3 is 0 Å². The van der Waals surface area contributed by atoms with Crippen LogP contribution in [0.15, 0.2) is 0 Å². The zero-order valence-electron chi connectivity index (χ0n) is 11.4. The van der Waals surface area contributed by atoms with E-state index in [0.717, 1.165) is 0 Å². The fourth-order valence-corrected chi connectivity index (χ4v) is 0. The van der Waals surface area contributed by atoms with E-state index in [4.69, 9.17) is 30.6 Å². The SMILES string of the molecule is C[Si](C)(C)C.OCCO.OCCO.OCCO. The van der Waals surface area contributed by atoms with Crippen molar-refractivity contribution in [3.8, 4) is 0 Å². The Morgan fingerprint density at radius 2 is 0.529 bits per heavy atom. The minimum absolute atomic E-state index is 0.125. The van der Waals surface area contributed by atoms with Gasteiger partial charge in [0.05, 0.1) is 39.6 Å². The molecule has 110 valence electrons. The summed E-state index contributed by atoms with van der Waals surface area (Å²) >= 11 is 0. The van der Waals surface area contributed by atoms with Crippen LogP contribution in [0.5, 0.6) is 0 Å². The normalized spacial score (nSPS) is 8.82. The van der Waals surface area contributed by atoms with Crippen LogP contribution in [0.4, 0.5) is 0 Å². The van der Waals surface area contributed by atoms with Gasteiger partial charge in [0, 0.05) is 8.07 Å². The molecule has 0 aliphatic carbocycles. The zero-order valence-corrected chi connectivity index (χ0v) is 12.4. The van der Waals surface area contributed by atoms with Crippen LogP contribution >= 0.6 is 0 Å². The highest BCUT2D eigenvalue weighted by Crippen LogP contribution is 1.94. The van der Waals surface area contributed by atoms with Crippen LogP contribution in [-0.2, 0) is 0 Å². The van der Waals surface area contributed by atoms with Crippen molar-refractivity contribution in [2.45, 2.75) is 26.2 Å². The average molecular weight is 274 g/mol. The molecule has 0 atom stereocenters. The summed E-state index contributed by atoms with van der Waals surface area (Å²) in [4.78, 5) is 0. The number of aliphatic hydroxyl groups excluding tert-OH is 6. The molecule has 6 N–H and O–H groups in total. The fourth-order valence-electron chi connectivity index (χ4n) is 0. The lowest BCUT2D eigenvalue weighted by molar-refractivity contribution is 0.186. The lowest BCUT2D eigenvalue weighted by Gasteiger charge is -2.01. The van der Waals surface area contributed by atoms with Crippen molar-refractivity contribution in [1.29, 1.82) is 0 Å². The standard InChI is InChI=1S/C4H12Si.3C2H6O2/c1-5(2,3)4;3*3-1-2-4/h1-4H3;3*3-4H,1-2H2. The summed E-state index contributed by atoms with van der Waals surface area (Å²) < 4.78 is 0. The Kier molecular flexibility index (Phi) is 37.8. The van der Waals surface area contributed by atoms with Crippen LogP contribution in [0.3, 0.4) is 0 Å². The van der Waals surface area contributed by atoms with E-state index < -0.39 is 8.07 Å². The minimum Gasteiger partial charge on any atom is -0.394 e. The quantitative estimate of drug-likeness (QED) is 0.362. The Morgan fingerprint density at radius 3 is 0.529 bits per heavy atom. The maximum absolute atomic E-state index is 7.62. The Bertz CT molecular complexity index is 75.8. The molecule has 0 aromatic heterocycles. The summed E-state index contributed by atoms with van der Waals surface area (Å²) in [5.74, 6) is 0. The van der Waals surface area contributed by atoms with E-state index in [9.17, 15) is 0 Å². The fraction of sp³-hybridized carbons (Fsp3) is 1.00. The van der Waals surface area contributed by atoms with Gasteiger partial charge in [0.1, 0.15) is 0 Å². The molecule has 0 spiro atoms. The molecule has 0 aromatic rings. The van der Waals surface area contributed by atoms with Gasteiger partial charge in [0.25, 0.3) is 0 Å². The summed E-state index contributed by atoms with van der Waals surface area (Å²) in [6, 6.07) is 0. The molecule has 6 nitrogen and oxygen atoms in total. The number of hydrogen-bond acceptors (Lipinski definition) is 6. The second kappa shape index (κ2) is 25.0. The molecule has 0 rings (SSSR count). The first-order valence-corrected chi connectivity index (χ1v) is 9.40. The van der Waals surface area contributed by atoms with Crippen LogP contribution in [0, 0.1) is 0 Å². The highest BCUT2D eigenvalue weighted by atomic mass is 28.3. The largest absolute Gasteiger partial charge is 0.394 e. The minimum atomic E-state index is -0.611. The molecule has 0 fully saturated rings. The summed E-state index contributed by atoms with van der Waals surface area (Å²) in [5, 5.41) is 45.8. The number of hydrogen-bond donors (Lipinski definition) is 6. The van der Waals surface area contributed by atoms with E-state index in [1.54, 1.807) is 0 Å². The predicted molar refractivity (Wildman–Crippen MR) is 71.7 cm³/mol. The van der Waals surface area contributed by atoms with Crippen molar-refractivity contribution in [1.82, 2.24) is 0 Å². The summed E-state index contributed by atoms with van der Waals surface area (Å²) in [6.07, 6.45) is 0. The van der Waals surface area contributed by atoms with Crippen LogP contribution in [0.2, 0.25) is 26.2 Å². The van der Waals surface area contributed by atoms with Crippen LogP contribution in [0.25, 0.3) is 0 Å². The van der Waals surface area contributed by atoms with Crippen molar-refractivity contribution in [2.75, 3.05) is 39.6 Å². The van der Waals surface area contributed by atoms with Crippen molar-refractivity contribution < 1.29 is 30.6 Å². The lowest BCUT2D eigenvalue weighted by Crippen LogP contribution is -2.10. The summed E-state index contributed by atoms with van der Waals surface area (Å²) in [5.41, 5.74) is 0. The smallest absolute Gasteiger partial charge is 0.0662 e. The molecular formula is C10H30O6Si.